The highest BCUT2D eigenvalue weighted by Gasteiger charge is 2.17. The first-order valence-electron chi connectivity index (χ1n) is 10.4. The maximum atomic E-state index is 11.6. The minimum atomic E-state index is -4.54. The van der Waals surface area contributed by atoms with E-state index in [1.165, 1.54) is 24.3 Å². The zero-order valence-electron chi connectivity index (χ0n) is 18.9. The van der Waals surface area contributed by atoms with Crippen LogP contribution in [0.1, 0.15) is 37.9 Å². The van der Waals surface area contributed by atoms with Crippen LogP contribution in [-0.2, 0) is 36.7 Å². The summed E-state index contributed by atoms with van der Waals surface area (Å²) in [4.78, 5) is 12.0. The standard InChI is InChI=1S/C18H28N6O8S3/c1-33(25,26)20-12-8-4-2-3-5-11-16-22-17(19-13-34(27,28)29)24-18(23-16)21-14-9-6-7-10-15(14)35(30,31)32/h6-7,9-10,20H,2-5,8,11-13H2,1H3,(H,27,28,29)(H,30,31,32)(H2,19,21,22,23,24). The number of rotatable bonds is 15. The van der Waals surface area contributed by atoms with Gasteiger partial charge in [0, 0.05) is 13.0 Å². The van der Waals surface area contributed by atoms with Crippen molar-refractivity contribution in [3.05, 3.63) is 30.1 Å². The van der Waals surface area contributed by atoms with Crippen molar-refractivity contribution < 1.29 is 34.4 Å². The largest absolute Gasteiger partial charge is 0.338 e. The molecule has 17 heteroatoms. The van der Waals surface area contributed by atoms with Gasteiger partial charge in [-0.25, -0.2) is 13.1 Å². The Labute approximate surface area is 204 Å². The molecule has 0 unspecified atom stereocenters. The van der Waals surface area contributed by atoms with Crippen molar-refractivity contribution in [2.45, 2.75) is 43.4 Å². The summed E-state index contributed by atoms with van der Waals surface area (Å²) in [5.74, 6) is -0.829. The van der Waals surface area contributed by atoms with Gasteiger partial charge < -0.3 is 10.6 Å². The van der Waals surface area contributed by atoms with Gasteiger partial charge >= 0.3 is 0 Å². The molecule has 1 heterocycles. The van der Waals surface area contributed by atoms with Crippen LogP contribution in [0.15, 0.2) is 29.2 Å². The molecule has 0 atom stereocenters. The average molecular weight is 553 g/mol. The van der Waals surface area contributed by atoms with Crippen LogP contribution in [0.3, 0.4) is 0 Å². The second-order valence-corrected chi connectivity index (χ2v) is 12.3. The molecule has 0 radical (unpaired) electrons. The number of benzene rings is 1. The van der Waals surface area contributed by atoms with E-state index in [4.69, 9.17) is 4.55 Å². The lowest BCUT2D eigenvalue weighted by Gasteiger charge is -2.11. The molecule has 35 heavy (non-hydrogen) atoms. The topological polar surface area (TPSA) is 218 Å². The van der Waals surface area contributed by atoms with E-state index < -0.39 is 41.0 Å². The van der Waals surface area contributed by atoms with E-state index >= 15 is 0 Å². The van der Waals surface area contributed by atoms with Gasteiger partial charge in [0.2, 0.25) is 21.9 Å². The second-order valence-electron chi connectivity index (χ2n) is 7.58. The van der Waals surface area contributed by atoms with Crippen LogP contribution >= 0.6 is 0 Å². The molecule has 0 spiro atoms. The molecule has 14 nitrogen and oxygen atoms in total. The van der Waals surface area contributed by atoms with Crippen molar-refractivity contribution >= 4 is 47.8 Å². The Morgan fingerprint density at radius 3 is 2.11 bits per heavy atom. The highest BCUT2D eigenvalue weighted by Crippen LogP contribution is 2.23. The predicted molar refractivity (Wildman–Crippen MR) is 129 cm³/mol. The monoisotopic (exact) mass is 552 g/mol. The zero-order chi connectivity index (χ0) is 26.1. The fraction of sp³-hybridized carbons (Fsp3) is 0.500. The van der Waals surface area contributed by atoms with Crippen LogP contribution in [0, 0.1) is 0 Å². The third kappa shape index (κ3) is 11.7. The molecule has 1 aromatic heterocycles. The van der Waals surface area contributed by atoms with Crippen molar-refractivity contribution in [3.63, 3.8) is 0 Å². The number of hydrogen-bond acceptors (Lipinski definition) is 11. The number of nitrogens with one attached hydrogen (secondary N) is 3. The molecule has 2 aromatic rings. The molecule has 2 rings (SSSR count). The summed E-state index contributed by atoms with van der Waals surface area (Å²) < 4.78 is 88.3. The van der Waals surface area contributed by atoms with Crippen LogP contribution in [0.2, 0.25) is 0 Å². The van der Waals surface area contributed by atoms with E-state index in [0.29, 0.717) is 25.8 Å². The van der Waals surface area contributed by atoms with Gasteiger partial charge in [0.25, 0.3) is 20.2 Å². The number of anilines is 3. The van der Waals surface area contributed by atoms with E-state index in [1.807, 2.05) is 0 Å². The number of aromatic nitrogens is 3. The summed E-state index contributed by atoms with van der Waals surface area (Å²) in [5, 5.41) is 5.05. The molecular formula is C18H28N6O8S3. The lowest BCUT2D eigenvalue weighted by molar-refractivity contribution is 0.482. The molecule has 0 fully saturated rings. The van der Waals surface area contributed by atoms with Crippen LogP contribution in [0.5, 0.6) is 0 Å². The van der Waals surface area contributed by atoms with Crippen molar-refractivity contribution in [2.75, 3.05) is 29.3 Å². The summed E-state index contributed by atoms with van der Waals surface area (Å²) in [7, 11) is -12.1. The lowest BCUT2D eigenvalue weighted by Crippen LogP contribution is -2.22. The molecule has 0 aliphatic rings. The number of nitrogens with zero attached hydrogens (tertiary/aromatic N) is 3. The van der Waals surface area contributed by atoms with E-state index in [-0.39, 0.29) is 23.4 Å². The first-order chi connectivity index (χ1) is 16.2. The normalized spacial score (nSPS) is 12.4. The molecule has 196 valence electrons. The number of sulfonamides is 1. The lowest BCUT2D eigenvalue weighted by atomic mass is 10.1. The van der Waals surface area contributed by atoms with Gasteiger partial charge in [0.1, 0.15) is 16.6 Å². The van der Waals surface area contributed by atoms with Crippen molar-refractivity contribution in [2.24, 2.45) is 0 Å². The Hall–Kier alpha value is -2.44. The maximum absolute atomic E-state index is 11.6. The molecule has 1 aromatic carbocycles. The van der Waals surface area contributed by atoms with Gasteiger partial charge in [-0.05, 0) is 25.0 Å². The van der Waals surface area contributed by atoms with E-state index in [1.54, 1.807) is 0 Å². The molecular weight excluding hydrogens is 524 g/mol. The summed E-state index contributed by atoms with van der Waals surface area (Å²) in [5.41, 5.74) is -0.00409. The Balaban J connectivity index is 2.07. The van der Waals surface area contributed by atoms with Crippen molar-refractivity contribution in [1.82, 2.24) is 19.7 Å². The molecule has 0 amide bonds. The van der Waals surface area contributed by atoms with Gasteiger partial charge in [-0.15, -0.1) is 0 Å². The first-order valence-corrected chi connectivity index (χ1v) is 15.4. The highest BCUT2D eigenvalue weighted by atomic mass is 32.2. The predicted octanol–water partition coefficient (Wildman–Crippen LogP) is 1.16. The number of aryl methyl sites for hydroxylation is 1. The summed E-state index contributed by atoms with van der Waals surface area (Å²) in [6.45, 7) is 0.370. The minimum absolute atomic E-state index is 0.00409. The Morgan fingerprint density at radius 2 is 1.46 bits per heavy atom. The fourth-order valence-electron chi connectivity index (χ4n) is 2.93. The molecule has 5 N–H and O–H groups in total. The highest BCUT2D eigenvalue weighted by molar-refractivity contribution is 7.88. The van der Waals surface area contributed by atoms with Gasteiger partial charge in [0.15, 0.2) is 0 Å². The quantitative estimate of drug-likeness (QED) is 0.155. The summed E-state index contributed by atoms with van der Waals surface area (Å²) >= 11 is 0. The molecule has 0 saturated carbocycles. The van der Waals surface area contributed by atoms with Gasteiger partial charge in [0.05, 0.1) is 11.9 Å². The van der Waals surface area contributed by atoms with Gasteiger partial charge in [-0.2, -0.15) is 31.8 Å². The smallest absolute Gasteiger partial charge is 0.296 e. The van der Waals surface area contributed by atoms with E-state index in [9.17, 15) is 29.8 Å². The third-order valence-corrected chi connectivity index (χ3v) is 6.60. The van der Waals surface area contributed by atoms with Crippen molar-refractivity contribution in [3.8, 4) is 0 Å². The molecule has 0 saturated heterocycles. The van der Waals surface area contributed by atoms with Crippen LogP contribution in [0.4, 0.5) is 17.6 Å². The maximum Gasteiger partial charge on any atom is 0.296 e. The van der Waals surface area contributed by atoms with Crippen molar-refractivity contribution in [1.29, 1.82) is 0 Å². The van der Waals surface area contributed by atoms with E-state index in [0.717, 1.165) is 25.5 Å². The number of unbranched alkanes of at least 4 members (excludes halogenated alkanes) is 4. The SMILES string of the molecule is CS(=O)(=O)NCCCCCCCc1nc(NCS(=O)(=O)O)nc(Nc2ccccc2S(=O)(=O)O)n1. The third-order valence-electron chi connectivity index (χ3n) is 4.45. The zero-order valence-corrected chi connectivity index (χ0v) is 21.3. The van der Waals surface area contributed by atoms with E-state index in [2.05, 4.69) is 30.3 Å². The summed E-state index contributed by atoms with van der Waals surface area (Å²) in [6.07, 6.45) is 5.32. The number of para-hydroxylation sites is 1. The summed E-state index contributed by atoms with van der Waals surface area (Å²) in [6, 6.07) is 5.52. The number of hydrogen-bond donors (Lipinski definition) is 5. The Morgan fingerprint density at radius 1 is 0.829 bits per heavy atom. The molecule has 0 aliphatic heterocycles. The average Bonchev–Trinajstić information content (AvgIpc) is 2.72. The van der Waals surface area contributed by atoms with Gasteiger partial charge in [-0.1, -0.05) is 31.4 Å². The van der Waals surface area contributed by atoms with Crippen LogP contribution < -0.4 is 15.4 Å². The van der Waals surface area contributed by atoms with Crippen LogP contribution in [0.25, 0.3) is 0 Å². The van der Waals surface area contributed by atoms with Crippen LogP contribution in [-0.4, -0.2) is 68.0 Å². The fourth-order valence-corrected chi connectivity index (χ4v) is 4.41. The van der Waals surface area contributed by atoms with Gasteiger partial charge in [-0.3, -0.25) is 9.11 Å². The molecule has 0 aliphatic carbocycles. The molecule has 0 bridgehead atoms. The first kappa shape index (κ1) is 28.8. The Kier molecular flexibility index (Phi) is 10.3. The second kappa shape index (κ2) is 12.5. The minimum Gasteiger partial charge on any atom is -0.338 e. The Bertz CT molecular complexity index is 1320.